The van der Waals surface area contributed by atoms with E-state index in [2.05, 4.69) is 0 Å². The maximum Gasteiger partial charge on any atom is 0.349 e. The van der Waals surface area contributed by atoms with Crippen LogP contribution in [0, 0.1) is 0 Å². The Balaban J connectivity index is 3.30. The largest absolute Gasteiger partial charge is 0.497 e. The molecule has 0 aliphatic heterocycles. The minimum Gasteiger partial charge on any atom is -0.497 e. The fourth-order valence-corrected chi connectivity index (χ4v) is 2.63. The number of hydrogen-bond acceptors (Lipinski definition) is 9. The molecule has 1 amide bonds. The number of benzene rings is 1. The second-order valence-electron chi connectivity index (χ2n) is 6.37. The van der Waals surface area contributed by atoms with Gasteiger partial charge in [-0.2, -0.15) is 0 Å². The number of hydrogen-bond donors (Lipinski definition) is 1. The molecule has 11 nitrogen and oxygen atoms in total. The lowest BCUT2D eigenvalue weighted by Gasteiger charge is -2.31. The lowest BCUT2D eigenvalue weighted by molar-refractivity contribution is -0.186. The highest BCUT2D eigenvalue weighted by Gasteiger charge is 2.42. The van der Waals surface area contributed by atoms with E-state index in [9.17, 15) is 24.3 Å². The van der Waals surface area contributed by atoms with Gasteiger partial charge < -0.3 is 33.7 Å². The predicted molar refractivity (Wildman–Crippen MR) is 105 cm³/mol. The van der Waals surface area contributed by atoms with Gasteiger partial charge in [-0.05, 0) is 17.7 Å². The molecule has 1 aromatic carbocycles. The molecular formula is C20H27NO10. The minimum atomic E-state index is -2.03. The van der Waals surface area contributed by atoms with Crippen molar-refractivity contribution in [2.75, 3.05) is 27.9 Å². The third kappa shape index (κ3) is 8.22. The summed E-state index contributed by atoms with van der Waals surface area (Å²) < 4.78 is 25.1. The molecule has 0 unspecified atom stereocenters. The van der Waals surface area contributed by atoms with E-state index in [1.807, 2.05) is 0 Å². The Hall–Kier alpha value is -3.18. The molecule has 0 saturated carbocycles. The van der Waals surface area contributed by atoms with Gasteiger partial charge in [-0.1, -0.05) is 12.1 Å². The molecule has 11 heteroatoms. The number of carbonyl (C=O) groups is 4. The Bertz CT molecular complexity index is 760. The Kier molecular flexibility index (Phi) is 10.4. The second-order valence-corrected chi connectivity index (χ2v) is 6.37. The highest BCUT2D eigenvalue weighted by atomic mass is 16.7. The fraction of sp³-hybridized carbons (Fsp3) is 0.500. The van der Waals surface area contributed by atoms with E-state index >= 15 is 0 Å². The quantitative estimate of drug-likeness (QED) is 0.362. The molecule has 0 spiro atoms. The zero-order valence-electron chi connectivity index (χ0n) is 18.0. The van der Waals surface area contributed by atoms with Crippen molar-refractivity contribution in [2.24, 2.45) is 0 Å². The lowest BCUT2D eigenvalue weighted by atomic mass is 10.1. The van der Waals surface area contributed by atoms with Crippen LogP contribution in [0.4, 0.5) is 0 Å². The van der Waals surface area contributed by atoms with Crippen LogP contribution in [0.1, 0.15) is 19.4 Å². The summed E-state index contributed by atoms with van der Waals surface area (Å²) in [5, 5.41) is 9.46. The van der Waals surface area contributed by atoms with E-state index in [1.54, 1.807) is 24.3 Å². The van der Waals surface area contributed by atoms with E-state index in [-0.39, 0.29) is 13.1 Å². The number of methoxy groups -OCH3 is 3. The summed E-state index contributed by atoms with van der Waals surface area (Å²) in [6.07, 6.45) is -4.79. The average molecular weight is 441 g/mol. The van der Waals surface area contributed by atoms with Gasteiger partial charge in [0, 0.05) is 34.6 Å². The third-order valence-corrected chi connectivity index (χ3v) is 4.09. The number of carbonyl (C=O) groups excluding carboxylic acids is 3. The summed E-state index contributed by atoms with van der Waals surface area (Å²) in [5.41, 5.74) is 0.668. The van der Waals surface area contributed by atoms with Gasteiger partial charge in [0.1, 0.15) is 5.75 Å². The van der Waals surface area contributed by atoms with Crippen molar-refractivity contribution in [2.45, 2.75) is 38.9 Å². The molecule has 1 N–H and O–H groups in total. The van der Waals surface area contributed by atoms with Crippen molar-refractivity contribution in [3.63, 3.8) is 0 Å². The standard InChI is InChI=1S/C20H27NO10/c1-12(22)30-17(18(20(25)26)31-13(2)23)19(24)21(11-16(28-4)29-5)10-14-6-8-15(27-3)9-7-14/h6-9,16-18H,10-11H2,1-5H3,(H,25,26)/t17-,18-/m1/s1. The molecule has 1 rings (SSSR count). The number of carboxylic acid groups (broad SMARTS) is 1. The van der Waals surface area contributed by atoms with Gasteiger partial charge in [0.2, 0.25) is 12.2 Å². The van der Waals surface area contributed by atoms with E-state index in [0.29, 0.717) is 11.3 Å². The van der Waals surface area contributed by atoms with Gasteiger partial charge in [0.05, 0.1) is 13.7 Å². The zero-order chi connectivity index (χ0) is 23.6. The Labute approximate surface area is 179 Å². The summed E-state index contributed by atoms with van der Waals surface area (Å²) in [4.78, 5) is 49.0. The Morgan fingerprint density at radius 2 is 1.42 bits per heavy atom. The monoisotopic (exact) mass is 441 g/mol. The summed E-state index contributed by atoms with van der Waals surface area (Å²) in [6, 6.07) is 6.78. The van der Waals surface area contributed by atoms with Crippen molar-refractivity contribution in [1.82, 2.24) is 4.90 Å². The van der Waals surface area contributed by atoms with Crippen LogP contribution in [0.15, 0.2) is 24.3 Å². The van der Waals surface area contributed by atoms with E-state index < -0.39 is 42.3 Å². The molecule has 0 aliphatic rings. The van der Waals surface area contributed by atoms with Crippen molar-refractivity contribution in [3.05, 3.63) is 29.8 Å². The highest BCUT2D eigenvalue weighted by Crippen LogP contribution is 2.17. The summed E-state index contributed by atoms with van der Waals surface area (Å²) in [7, 11) is 4.25. The molecule has 2 atom stereocenters. The maximum atomic E-state index is 13.3. The first kappa shape index (κ1) is 25.9. The number of carboxylic acids is 1. The van der Waals surface area contributed by atoms with Crippen LogP contribution in [-0.2, 0) is 44.7 Å². The summed E-state index contributed by atoms with van der Waals surface area (Å²) >= 11 is 0. The molecule has 0 radical (unpaired) electrons. The second kappa shape index (κ2) is 12.5. The number of rotatable bonds is 12. The Morgan fingerprint density at radius 1 is 0.903 bits per heavy atom. The first-order valence-electron chi connectivity index (χ1n) is 9.17. The summed E-state index contributed by atoms with van der Waals surface area (Å²) in [5.74, 6) is -3.82. The van der Waals surface area contributed by atoms with Crippen molar-refractivity contribution < 1.29 is 48.0 Å². The minimum absolute atomic E-state index is 0.00375. The van der Waals surface area contributed by atoms with Gasteiger partial charge in [-0.15, -0.1) is 0 Å². The van der Waals surface area contributed by atoms with Crippen LogP contribution in [0.2, 0.25) is 0 Å². The first-order chi connectivity index (χ1) is 14.6. The van der Waals surface area contributed by atoms with Crippen molar-refractivity contribution >= 4 is 23.8 Å². The molecule has 0 heterocycles. The smallest absolute Gasteiger partial charge is 0.349 e. The fourth-order valence-electron chi connectivity index (χ4n) is 2.63. The van der Waals surface area contributed by atoms with Crippen LogP contribution in [-0.4, -0.2) is 80.2 Å². The number of nitrogens with zero attached hydrogens (tertiary/aromatic N) is 1. The van der Waals surface area contributed by atoms with Crippen molar-refractivity contribution in [3.8, 4) is 5.75 Å². The first-order valence-corrected chi connectivity index (χ1v) is 9.17. The van der Waals surface area contributed by atoms with Crippen LogP contribution >= 0.6 is 0 Å². The molecule has 0 bridgehead atoms. The van der Waals surface area contributed by atoms with Crippen LogP contribution in [0.5, 0.6) is 5.75 Å². The van der Waals surface area contributed by atoms with Crippen LogP contribution in [0.3, 0.4) is 0 Å². The number of amides is 1. The van der Waals surface area contributed by atoms with Crippen LogP contribution in [0.25, 0.3) is 0 Å². The van der Waals surface area contributed by atoms with Gasteiger partial charge in [0.25, 0.3) is 5.91 Å². The molecule has 0 saturated heterocycles. The third-order valence-electron chi connectivity index (χ3n) is 4.09. The molecule has 172 valence electrons. The molecule has 0 fully saturated rings. The normalized spacial score (nSPS) is 12.6. The number of aliphatic carboxylic acids is 1. The number of esters is 2. The topological polar surface area (TPSA) is 138 Å². The SMILES string of the molecule is COc1ccc(CN(CC(OC)OC)C(=O)[C@H](OC(C)=O)[C@@H](OC(C)=O)C(=O)O)cc1. The lowest BCUT2D eigenvalue weighted by Crippen LogP contribution is -2.52. The van der Waals surface area contributed by atoms with Crippen molar-refractivity contribution in [1.29, 1.82) is 0 Å². The average Bonchev–Trinajstić information content (AvgIpc) is 2.73. The maximum absolute atomic E-state index is 13.3. The van der Waals surface area contributed by atoms with Crippen LogP contribution < -0.4 is 4.74 Å². The number of ether oxygens (including phenoxy) is 5. The predicted octanol–water partition coefficient (Wildman–Crippen LogP) is 0.591. The zero-order valence-corrected chi connectivity index (χ0v) is 18.0. The molecule has 31 heavy (non-hydrogen) atoms. The van der Waals surface area contributed by atoms with Gasteiger partial charge >= 0.3 is 17.9 Å². The van der Waals surface area contributed by atoms with Gasteiger partial charge in [-0.25, -0.2) is 4.79 Å². The van der Waals surface area contributed by atoms with E-state index in [0.717, 1.165) is 13.8 Å². The molecule has 1 aromatic rings. The van der Waals surface area contributed by atoms with E-state index in [1.165, 1.54) is 26.2 Å². The summed E-state index contributed by atoms with van der Waals surface area (Å²) in [6.45, 7) is 1.86. The molecule has 0 aliphatic carbocycles. The Morgan fingerprint density at radius 3 is 1.84 bits per heavy atom. The molecular weight excluding hydrogens is 414 g/mol. The van der Waals surface area contributed by atoms with Gasteiger partial charge in [-0.3, -0.25) is 14.4 Å². The highest BCUT2D eigenvalue weighted by molar-refractivity contribution is 5.91. The molecule has 0 aromatic heterocycles. The van der Waals surface area contributed by atoms with Gasteiger partial charge in [0.15, 0.2) is 6.29 Å². The van der Waals surface area contributed by atoms with E-state index in [4.69, 9.17) is 23.7 Å².